The summed E-state index contributed by atoms with van der Waals surface area (Å²) in [6.45, 7) is 6.49. The molecule has 1 amide bonds. The fraction of sp³-hybridized carbons (Fsp3) is 0.800. The van der Waals surface area contributed by atoms with Crippen LogP contribution in [0.5, 0.6) is 0 Å². The number of nitrogens with zero attached hydrogens (tertiary/aromatic N) is 1. The van der Waals surface area contributed by atoms with Crippen LogP contribution in [0.1, 0.15) is 27.7 Å². The third kappa shape index (κ3) is 6.90. The summed E-state index contributed by atoms with van der Waals surface area (Å²) in [4.78, 5) is 23.6. The van der Waals surface area contributed by atoms with E-state index in [0.717, 1.165) is 0 Å². The fourth-order valence-electron chi connectivity index (χ4n) is 0.998. The van der Waals surface area contributed by atoms with Crippen molar-refractivity contribution in [3.63, 3.8) is 0 Å². The fourth-order valence-corrected chi connectivity index (χ4v) is 0.998. The quantitative estimate of drug-likeness (QED) is 0.682. The van der Waals surface area contributed by atoms with Gasteiger partial charge in [0.1, 0.15) is 12.1 Å². The minimum atomic E-state index is -0.557. The summed E-state index contributed by atoms with van der Waals surface area (Å²) in [6.07, 6.45) is 0. The van der Waals surface area contributed by atoms with Crippen molar-refractivity contribution < 1.29 is 19.4 Å². The highest BCUT2D eigenvalue weighted by Gasteiger charge is 2.19. The second kappa shape index (κ2) is 5.70. The van der Waals surface area contributed by atoms with Gasteiger partial charge in [-0.1, -0.05) is 0 Å². The molecule has 0 atom stereocenters. The number of ether oxygens (including phenoxy) is 1. The Morgan fingerprint density at radius 2 is 1.87 bits per heavy atom. The largest absolute Gasteiger partial charge is 0.459 e. The zero-order chi connectivity index (χ0) is 12.1. The first kappa shape index (κ1) is 13.9. The van der Waals surface area contributed by atoms with Crippen molar-refractivity contribution in [2.24, 2.45) is 0 Å². The molecule has 0 saturated heterocycles. The van der Waals surface area contributed by atoms with E-state index in [-0.39, 0.29) is 25.6 Å². The molecule has 1 N–H and O–H groups in total. The predicted molar refractivity (Wildman–Crippen MR) is 55.2 cm³/mol. The third-order valence-electron chi connectivity index (χ3n) is 1.56. The van der Waals surface area contributed by atoms with Crippen LogP contribution in [-0.4, -0.2) is 47.2 Å². The Hall–Kier alpha value is -1.10. The Labute approximate surface area is 90.0 Å². The van der Waals surface area contributed by atoms with Gasteiger partial charge in [-0.3, -0.25) is 9.59 Å². The van der Waals surface area contributed by atoms with Gasteiger partial charge in [0.05, 0.1) is 6.61 Å². The summed E-state index contributed by atoms with van der Waals surface area (Å²) in [5.41, 5.74) is -0.557. The molecule has 0 aromatic rings. The highest BCUT2D eigenvalue weighted by molar-refractivity contribution is 5.80. The summed E-state index contributed by atoms with van der Waals surface area (Å²) in [5.74, 6) is -0.721. The Kier molecular flexibility index (Phi) is 5.28. The van der Waals surface area contributed by atoms with E-state index in [0.29, 0.717) is 0 Å². The molecule has 0 spiro atoms. The van der Waals surface area contributed by atoms with Gasteiger partial charge < -0.3 is 14.7 Å². The summed E-state index contributed by atoms with van der Waals surface area (Å²) < 4.78 is 5.05. The Morgan fingerprint density at radius 3 is 2.20 bits per heavy atom. The van der Waals surface area contributed by atoms with Gasteiger partial charge in [-0.05, 0) is 20.8 Å². The number of carbonyl (C=O) groups excluding carboxylic acids is 2. The number of amides is 1. The van der Waals surface area contributed by atoms with Crippen molar-refractivity contribution in [1.29, 1.82) is 0 Å². The normalized spacial score (nSPS) is 11.0. The molecule has 0 aliphatic rings. The lowest BCUT2D eigenvalue weighted by Crippen LogP contribution is -2.39. The lowest BCUT2D eigenvalue weighted by atomic mass is 10.2. The average Bonchev–Trinajstić information content (AvgIpc) is 1.99. The summed E-state index contributed by atoms with van der Waals surface area (Å²) >= 11 is 0. The summed E-state index contributed by atoms with van der Waals surface area (Å²) in [5, 5.41) is 8.69. The van der Waals surface area contributed by atoms with E-state index in [1.165, 1.54) is 11.8 Å². The average molecular weight is 217 g/mol. The minimum absolute atomic E-state index is 0.118. The molecule has 0 fully saturated rings. The minimum Gasteiger partial charge on any atom is -0.459 e. The van der Waals surface area contributed by atoms with Crippen LogP contribution in [-0.2, 0) is 14.3 Å². The lowest BCUT2D eigenvalue weighted by Gasteiger charge is -2.23. The van der Waals surface area contributed by atoms with E-state index < -0.39 is 11.6 Å². The van der Waals surface area contributed by atoms with Crippen LogP contribution < -0.4 is 0 Å². The van der Waals surface area contributed by atoms with Gasteiger partial charge in [0.15, 0.2) is 0 Å². The van der Waals surface area contributed by atoms with Crippen molar-refractivity contribution in [3.05, 3.63) is 0 Å². The molecular formula is C10H19NO4. The maximum atomic E-state index is 11.4. The van der Waals surface area contributed by atoms with E-state index in [4.69, 9.17) is 9.84 Å². The van der Waals surface area contributed by atoms with Crippen molar-refractivity contribution >= 4 is 11.9 Å². The van der Waals surface area contributed by atoms with Gasteiger partial charge in [-0.25, -0.2) is 0 Å². The van der Waals surface area contributed by atoms with Crippen LogP contribution in [0, 0.1) is 0 Å². The van der Waals surface area contributed by atoms with E-state index in [1.54, 1.807) is 20.8 Å². The van der Waals surface area contributed by atoms with Crippen molar-refractivity contribution in [3.8, 4) is 0 Å². The van der Waals surface area contributed by atoms with Crippen molar-refractivity contribution in [1.82, 2.24) is 4.90 Å². The molecule has 0 aliphatic carbocycles. The van der Waals surface area contributed by atoms with Crippen LogP contribution in [0.25, 0.3) is 0 Å². The molecule has 5 nitrogen and oxygen atoms in total. The Balaban J connectivity index is 4.18. The van der Waals surface area contributed by atoms with Crippen LogP contribution in [0.15, 0.2) is 0 Å². The zero-order valence-electron chi connectivity index (χ0n) is 9.74. The number of carbonyl (C=O) groups is 2. The van der Waals surface area contributed by atoms with Gasteiger partial charge in [-0.2, -0.15) is 0 Å². The van der Waals surface area contributed by atoms with Crippen molar-refractivity contribution in [2.45, 2.75) is 33.3 Å². The lowest BCUT2D eigenvalue weighted by molar-refractivity contribution is -0.158. The molecule has 5 heteroatoms. The maximum Gasteiger partial charge on any atom is 0.326 e. The van der Waals surface area contributed by atoms with E-state index in [1.807, 2.05) is 0 Å². The van der Waals surface area contributed by atoms with Gasteiger partial charge in [0, 0.05) is 13.5 Å². The predicted octanol–water partition coefficient (Wildman–Crippen LogP) is 0.169. The number of rotatable bonds is 4. The van der Waals surface area contributed by atoms with Crippen molar-refractivity contribution in [2.75, 3.05) is 19.7 Å². The Morgan fingerprint density at radius 1 is 1.33 bits per heavy atom. The monoisotopic (exact) mass is 217 g/mol. The molecular weight excluding hydrogens is 198 g/mol. The molecule has 0 heterocycles. The van der Waals surface area contributed by atoms with Gasteiger partial charge in [-0.15, -0.1) is 0 Å². The first-order valence-electron chi connectivity index (χ1n) is 4.84. The maximum absolute atomic E-state index is 11.4. The molecule has 0 aliphatic heterocycles. The summed E-state index contributed by atoms with van der Waals surface area (Å²) in [7, 11) is 0. The number of aliphatic hydroxyl groups excluding tert-OH is 1. The van der Waals surface area contributed by atoms with E-state index in [9.17, 15) is 9.59 Å². The van der Waals surface area contributed by atoms with Crippen LogP contribution in [0.4, 0.5) is 0 Å². The topological polar surface area (TPSA) is 66.8 Å². The number of hydrogen-bond acceptors (Lipinski definition) is 4. The van der Waals surface area contributed by atoms with Gasteiger partial charge >= 0.3 is 5.97 Å². The highest BCUT2D eigenvalue weighted by atomic mass is 16.6. The molecule has 88 valence electrons. The zero-order valence-corrected chi connectivity index (χ0v) is 9.74. The van der Waals surface area contributed by atoms with E-state index >= 15 is 0 Å². The molecule has 0 aromatic heterocycles. The molecule has 0 aromatic carbocycles. The second-order valence-electron chi connectivity index (χ2n) is 4.25. The molecule has 15 heavy (non-hydrogen) atoms. The summed E-state index contributed by atoms with van der Waals surface area (Å²) in [6, 6.07) is 0. The number of aliphatic hydroxyl groups is 1. The molecule has 0 unspecified atom stereocenters. The van der Waals surface area contributed by atoms with Gasteiger partial charge in [0.2, 0.25) is 5.91 Å². The second-order valence-corrected chi connectivity index (χ2v) is 4.25. The molecule has 0 radical (unpaired) electrons. The van der Waals surface area contributed by atoms with Gasteiger partial charge in [0.25, 0.3) is 0 Å². The number of hydrogen-bond donors (Lipinski definition) is 1. The Bertz CT molecular complexity index is 232. The molecule has 0 bridgehead atoms. The van der Waals surface area contributed by atoms with Crippen LogP contribution in [0.3, 0.4) is 0 Å². The first-order valence-corrected chi connectivity index (χ1v) is 4.84. The van der Waals surface area contributed by atoms with Crippen LogP contribution in [0.2, 0.25) is 0 Å². The smallest absolute Gasteiger partial charge is 0.326 e. The van der Waals surface area contributed by atoms with Crippen LogP contribution >= 0.6 is 0 Å². The highest BCUT2D eigenvalue weighted by Crippen LogP contribution is 2.07. The number of esters is 1. The molecule has 0 rings (SSSR count). The van der Waals surface area contributed by atoms with E-state index in [2.05, 4.69) is 0 Å². The SMILES string of the molecule is CC(=O)N(CCO)CC(=O)OC(C)(C)C. The first-order chi connectivity index (χ1) is 6.76. The molecule has 0 saturated carbocycles. The third-order valence-corrected chi connectivity index (χ3v) is 1.56. The standard InChI is InChI=1S/C10H19NO4/c1-8(13)11(5-6-12)7-9(14)15-10(2,3)4/h12H,5-7H2,1-4H3.